The maximum atomic E-state index is 12.8. The van der Waals surface area contributed by atoms with Gasteiger partial charge >= 0.3 is 0 Å². The molecular formula is C14H17Cl3N2O7S2. The zero-order chi connectivity index (χ0) is 21.3. The van der Waals surface area contributed by atoms with Gasteiger partial charge < -0.3 is 14.8 Å². The van der Waals surface area contributed by atoms with Crippen molar-refractivity contribution >= 4 is 60.6 Å². The van der Waals surface area contributed by atoms with Gasteiger partial charge in [-0.2, -0.15) is 0 Å². The number of carbonyl (C=O) groups excluding carboxylic acids is 1. The molecule has 0 spiro atoms. The number of methoxy groups -OCH3 is 2. The van der Waals surface area contributed by atoms with Crippen molar-refractivity contribution in [2.45, 2.75) is 20.8 Å². The van der Waals surface area contributed by atoms with Gasteiger partial charge in [-0.25, -0.2) is 21.6 Å². The second-order valence-corrected chi connectivity index (χ2v) is 12.0. The Morgan fingerprint density at radius 3 is 2.29 bits per heavy atom. The third-order valence-corrected chi connectivity index (χ3v) is 7.67. The van der Waals surface area contributed by atoms with Gasteiger partial charge in [0.25, 0.3) is 9.70 Å². The average molecular weight is 496 g/mol. The van der Waals surface area contributed by atoms with Crippen LogP contribution in [0.25, 0.3) is 0 Å². The first-order chi connectivity index (χ1) is 12.8. The number of amides is 1. The molecule has 9 nitrogen and oxygen atoms in total. The fourth-order valence-corrected chi connectivity index (χ4v) is 6.17. The molecule has 1 saturated heterocycles. The van der Waals surface area contributed by atoms with E-state index in [9.17, 15) is 21.6 Å². The maximum absolute atomic E-state index is 12.8. The molecule has 1 fully saturated rings. The summed E-state index contributed by atoms with van der Waals surface area (Å²) in [6.45, 7) is 0. The Kier molecular flexibility index (Phi) is 6.99. The summed E-state index contributed by atoms with van der Waals surface area (Å²) in [6.07, 6.45) is 0. The summed E-state index contributed by atoms with van der Waals surface area (Å²) in [6, 6.07) is 1.73. The normalized spacial score (nSPS) is 21.9. The standard InChI is InChI=1S/C14H17Cl3N2O7S2/c1-25-8-3-4-12(11(5-8)26-2)28(23,24)19-10-7-27(21,22)6-9(10)18-13(20)14(15,16)17/h3-5,9-10,19H,6-7H2,1-2H3,(H,18,20)/t9-,10+/m1/s1. The van der Waals surface area contributed by atoms with Crippen molar-refractivity contribution in [2.75, 3.05) is 25.7 Å². The van der Waals surface area contributed by atoms with E-state index in [1.165, 1.54) is 32.4 Å². The number of halogens is 3. The molecule has 1 heterocycles. The number of rotatable bonds is 6. The Hall–Kier alpha value is -0.980. The zero-order valence-corrected chi connectivity index (χ0v) is 18.5. The maximum Gasteiger partial charge on any atom is 0.272 e. The number of alkyl halides is 3. The lowest BCUT2D eigenvalue weighted by molar-refractivity contribution is -0.120. The Morgan fingerprint density at radius 2 is 1.75 bits per heavy atom. The highest BCUT2D eigenvalue weighted by atomic mass is 35.6. The lowest BCUT2D eigenvalue weighted by Crippen LogP contribution is -2.53. The summed E-state index contributed by atoms with van der Waals surface area (Å²) in [5.74, 6) is -1.74. The first kappa shape index (κ1) is 23.3. The number of benzene rings is 1. The van der Waals surface area contributed by atoms with E-state index in [2.05, 4.69) is 10.0 Å². The van der Waals surface area contributed by atoms with Crippen LogP contribution in [0.2, 0.25) is 0 Å². The largest absolute Gasteiger partial charge is 0.497 e. The molecule has 1 aliphatic heterocycles. The summed E-state index contributed by atoms with van der Waals surface area (Å²) in [5, 5.41) is 2.25. The van der Waals surface area contributed by atoms with Crippen LogP contribution < -0.4 is 19.5 Å². The Balaban J connectivity index is 2.31. The molecule has 0 saturated carbocycles. The first-order valence-electron chi connectivity index (χ1n) is 7.61. The SMILES string of the molecule is COc1ccc(S(=O)(=O)N[C@H]2CS(=O)(=O)C[C@H]2NC(=O)C(Cl)(Cl)Cl)c(OC)c1. The molecule has 2 atom stereocenters. The van der Waals surface area contributed by atoms with Gasteiger partial charge in [-0.3, -0.25) is 4.79 Å². The summed E-state index contributed by atoms with van der Waals surface area (Å²) in [7, 11) is -5.17. The molecule has 2 N–H and O–H groups in total. The molecule has 0 radical (unpaired) electrons. The molecule has 1 amide bonds. The van der Waals surface area contributed by atoms with E-state index in [-0.39, 0.29) is 10.6 Å². The Labute approximate surface area is 177 Å². The molecule has 1 aliphatic rings. The lowest BCUT2D eigenvalue weighted by Gasteiger charge is -2.23. The van der Waals surface area contributed by atoms with Crippen LogP contribution in [0, 0.1) is 0 Å². The van der Waals surface area contributed by atoms with Crippen molar-refractivity contribution in [3.8, 4) is 11.5 Å². The number of nitrogens with one attached hydrogen (secondary N) is 2. The summed E-state index contributed by atoms with van der Waals surface area (Å²) < 4.78 is 59.6. The van der Waals surface area contributed by atoms with Gasteiger partial charge in [-0.05, 0) is 12.1 Å². The Bertz CT molecular complexity index is 962. The van der Waals surface area contributed by atoms with Crippen LogP contribution in [-0.2, 0) is 24.7 Å². The average Bonchev–Trinajstić information content (AvgIpc) is 2.85. The van der Waals surface area contributed by atoms with E-state index < -0.39 is 53.1 Å². The van der Waals surface area contributed by atoms with Crippen LogP contribution in [-0.4, -0.2) is 64.3 Å². The molecule has 0 bridgehead atoms. The summed E-state index contributed by atoms with van der Waals surface area (Å²) >= 11 is 16.4. The number of ether oxygens (including phenoxy) is 2. The quantitative estimate of drug-likeness (QED) is 0.554. The highest BCUT2D eigenvalue weighted by molar-refractivity contribution is 7.92. The lowest BCUT2D eigenvalue weighted by atomic mass is 10.2. The van der Waals surface area contributed by atoms with Gasteiger partial charge in [0.2, 0.25) is 10.0 Å². The molecule has 0 aromatic heterocycles. The fourth-order valence-electron chi connectivity index (χ4n) is 2.62. The summed E-state index contributed by atoms with van der Waals surface area (Å²) in [5.41, 5.74) is 0. The van der Waals surface area contributed by atoms with E-state index in [4.69, 9.17) is 44.3 Å². The van der Waals surface area contributed by atoms with Gasteiger partial charge in [-0.15, -0.1) is 0 Å². The number of carbonyl (C=O) groups is 1. The van der Waals surface area contributed by atoms with Crippen LogP contribution in [0.15, 0.2) is 23.1 Å². The van der Waals surface area contributed by atoms with Gasteiger partial charge in [-0.1, -0.05) is 34.8 Å². The molecule has 1 aromatic carbocycles. The minimum Gasteiger partial charge on any atom is -0.497 e. The van der Waals surface area contributed by atoms with Crippen molar-refractivity contribution in [1.82, 2.24) is 10.0 Å². The van der Waals surface area contributed by atoms with E-state index in [1.54, 1.807) is 0 Å². The number of hydrogen-bond donors (Lipinski definition) is 2. The van der Waals surface area contributed by atoms with E-state index >= 15 is 0 Å². The number of sulfonamides is 1. The van der Waals surface area contributed by atoms with E-state index in [0.717, 1.165) is 0 Å². The molecule has 0 unspecified atom stereocenters. The first-order valence-corrected chi connectivity index (χ1v) is 12.1. The van der Waals surface area contributed by atoms with Gasteiger partial charge in [0.05, 0.1) is 37.8 Å². The fraction of sp³-hybridized carbons (Fsp3) is 0.500. The number of hydrogen-bond acceptors (Lipinski definition) is 7. The van der Waals surface area contributed by atoms with Crippen LogP contribution in [0.3, 0.4) is 0 Å². The van der Waals surface area contributed by atoms with Crippen LogP contribution in [0.1, 0.15) is 0 Å². The number of sulfone groups is 1. The monoisotopic (exact) mass is 494 g/mol. The van der Waals surface area contributed by atoms with Crippen LogP contribution >= 0.6 is 34.8 Å². The van der Waals surface area contributed by atoms with E-state index in [1.807, 2.05) is 0 Å². The second-order valence-electron chi connectivity index (χ2n) is 5.90. The molecule has 2 rings (SSSR count). The van der Waals surface area contributed by atoms with Crippen LogP contribution in [0.5, 0.6) is 11.5 Å². The predicted octanol–water partition coefficient (Wildman–Crippen LogP) is 0.634. The topological polar surface area (TPSA) is 128 Å². The molecule has 28 heavy (non-hydrogen) atoms. The van der Waals surface area contributed by atoms with Crippen LogP contribution in [0.4, 0.5) is 0 Å². The van der Waals surface area contributed by atoms with Crippen molar-refractivity contribution in [1.29, 1.82) is 0 Å². The third kappa shape index (κ3) is 5.55. The van der Waals surface area contributed by atoms with Crippen molar-refractivity contribution in [3.05, 3.63) is 18.2 Å². The van der Waals surface area contributed by atoms with Gasteiger partial charge in [0, 0.05) is 6.07 Å². The van der Waals surface area contributed by atoms with Gasteiger partial charge in [0.1, 0.15) is 16.4 Å². The summed E-state index contributed by atoms with van der Waals surface area (Å²) in [4.78, 5) is 11.6. The minimum absolute atomic E-state index is 0.00502. The molecule has 14 heteroatoms. The van der Waals surface area contributed by atoms with Crippen molar-refractivity contribution < 1.29 is 31.1 Å². The second kappa shape index (κ2) is 8.41. The van der Waals surface area contributed by atoms with Crippen molar-refractivity contribution in [3.63, 3.8) is 0 Å². The molecular weight excluding hydrogens is 479 g/mol. The molecule has 158 valence electrons. The Morgan fingerprint density at radius 1 is 1.14 bits per heavy atom. The highest BCUT2D eigenvalue weighted by Gasteiger charge is 2.43. The predicted molar refractivity (Wildman–Crippen MR) is 105 cm³/mol. The van der Waals surface area contributed by atoms with Crippen molar-refractivity contribution in [2.24, 2.45) is 0 Å². The van der Waals surface area contributed by atoms with E-state index in [0.29, 0.717) is 5.75 Å². The molecule has 0 aliphatic carbocycles. The zero-order valence-electron chi connectivity index (χ0n) is 14.6. The highest BCUT2D eigenvalue weighted by Crippen LogP contribution is 2.30. The third-order valence-electron chi connectivity index (χ3n) is 3.89. The molecule has 1 aromatic rings. The minimum atomic E-state index is -4.21. The van der Waals surface area contributed by atoms with Gasteiger partial charge in [0.15, 0.2) is 9.84 Å². The smallest absolute Gasteiger partial charge is 0.272 e.